The van der Waals surface area contributed by atoms with Gasteiger partial charge in [0.15, 0.2) is 0 Å². The van der Waals surface area contributed by atoms with E-state index in [1.165, 1.54) is 10.4 Å². The summed E-state index contributed by atoms with van der Waals surface area (Å²) in [7, 11) is -1.68. The van der Waals surface area contributed by atoms with Crippen molar-refractivity contribution in [2.75, 3.05) is 38.6 Å². The van der Waals surface area contributed by atoms with Crippen molar-refractivity contribution in [3.63, 3.8) is 0 Å². The van der Waals surface area contributed by atoms with E-state index in [-0.39, 0.29) is 23.4 Å². The molecule has 1 aliphatic heterocycles. The highest BCUT2D eigenvalue weighted by atomic mass is 32.2. The first-order valence-electron chi connectivity index (χ1n) is 10.1. The van der Waals surface area contributed by atoms with Gasteiger partial charge < -0.3 is 10.1 Å². The molecule has 0 saturated carbocycles. The zero-order valence-electron chi connectivity index (χ0n) is 17.4. The van der Waals surface area contributed by atoms with Crippen LogP contribution in [0, 0.1) is 0 Å². The summed E-state index contributed by atoms with van der Waals surface area (Å²) in [5.41, 5.74) is 0.391. The quantitative estimate of drug-likeness (QED) is 0.676. The number of hydrogen-bond donors (Lipinski definition) is 1. The number of amides is 1. The number of anilines is 1. The number of nitrogens with zero attached hydrogens (tertiary/aromatic N) is 2. The SMILES string of the molecule is CCOc1ccc(S(=O)(=O)N2CCCCC2)cc1NC(=O)CN(C)C(C)CC. The van der Waals surface area contributed by atoms with E-state index in [0.717, 1.165) is 25.7 Å². The van der Waals surface area contributed by atoms with Gasteiger partial charge in [-0.15, -0.1) is 0 Å². The van der Waals surface area contributed by atoms with Gasteiger partial charge in [-0.2, -0.15) is 4.31 Å². The second kappa shape index (κ2) is 10.2. The smallest absolute Gasteiger partial charge is 0.243 e. The summed E-state index contributed by atoms with van der Waals surface area (Å²) in [6.45, 7) is 7.71. The van der Waals surface area contributed by atoms with Crippen LogP contribution in [0.25, 0.3) is 0 Å². The molecule has 1 aromatic carbocycles. The fourth-order valence-electron chi connectivity index (χ4n) is 3.19. The van der Waals surface area contributed by atoms with E-state index in [1.54, 1.807) is 12.1 Å². The van der Waals surface area contributed by atoms with Crippen LogP contribution in [0.2, 0.25) is 0 Å². The van der Waals surface area contributed by atoms with Crippen molar-refractivity contribution < 1.29 is 17.9 Å². The Morgan fingerprint density at radius 2 is 1.93 bits per heavy atom. The number of sulfonamides is 1. The Morgan fingerprint density at radius 1 is 1.25 bits per heavy atom. The Kier molecular flexibility index (Phi) is 8.27. The fourth-order valence-corrected chi connectivity index (χ4v) is 4.73. The summed E-state index contributed by atoms with van der Waals surface area (Å²) >= 11 is 0. The average molecular weight is 412 g/mol. The van der Waals surface area contributed by atoms with Crippen molar-refractivity contribution in [2.24, 2.45) is 0 Å². The molecule has 1 unspecified atom stereocenters. The van der Waals surface area contributed by atoms with E-state index in [4.69, 9.17) is 4.74 Å². The molecule has 1 N–H and O–H groups in total. The summed E-state index contributed by atoms with van der Waals surface area (Å²) in [4.78, 5) is 14.6. The molecule has 1 fully saturated rings. The highest BCUT2D eigenvalue weighted by Crippen LogP contribution is 2.30. The van der Waals surface area contributed by atoms with Gasteiger partial charge in [-0.05, 0) is 58.4 Å². The number of piperidine rings is 1. The van der Waals surface area contributed by atoms with Gasteiger partial charge in [0.25, 0.3) is 0 Å². The molecule has 7 nitrogen and oxygen atoms in total. The third kappa shape index (κ3) is 5.68. The van der Waals surface area contributed by atoms with Gasteiger partial charge in [-0.3, -0.25) is 9.69 Å². The van der Waals surface area contributed by atoms with E-state index in [0.29, 0.717) is 31.1 Å². The van der Waals surface area contributed by atoms with Crippen LogP contribution < -0.4 is 10.1 Å². The van der Waals surface area contributed by atoms with E-state index in [2.05, 4.69) is 19.2 Å². The van der Waals surface area contributed by atoms with E-state index >= 15 is 0 Å². The summed E-state index contributed by atoms with van der Waals surface area (Å²) < 4.78 is 33.0. The van der Waals surface area contributed by atoms with Crippen LogP contribution in [0.15, 0.2) is 23.1 Å². The zero-order chi connectivity index (χ0) is 20.7. The molecular weight excluding hydrogens is 378 g/mol. The largest absolute Gasteiger partial charge is 0.492 e. The van der Waals surface area contributed by atoms with Gasteiger partial charge in [-0.25, -0.2) is 8.42 Å². The number of hydrogen-bond acceptors (Lipinski definition) is 5. The van der Waals surface area contributed by atoms with Crippen LogP contribution in [-0.2, 0) is 14.8 Å². The van der Waals surface area contributed by atoms with Crippen molar-refractivity contribution in [2.45, 2.75) is 57.4 Å². The van der Waals surface area contributed by atoms with E-state index < -0.39 is 10.0 Å². The van der Waals surface area contributed by atoms with Gasteiger partial charge in [0.05, 0.1) is 23.7 Å². The summed E-state index contributed by atoms with van der Waals surface area (Å²) in [5.74, 6) is 0.274. The number of benzene rings is 1. The molecule has 158 valence electrons. The van der Waals surface area contributed by atoms with Gasteiger partial charge in [0.1, 0.15) is 5.75 Å². The Morgan fingerprint density at radius 3 is 2.54 bits per heavy atom. The minimum atomic E-state index is -3.58. The lowest BCUT2D eigenvalue weighted by Crippen LogP contribution is -2.36. The number of rotatable bonds is 9. The number of nitrogens with one attached hydrogen (secondary N) is 1. The van der Waals surface area contributed by atoms with Crippen molar-refractivity contribution in [3.8, 4) is 5.75 Å². The maximum Gasteiger partial charge on any atom is 0.243 e. The number of carbonyl (C=O) groups is 1. The van der Waals surface area contributed by atoms with E-state index in [1.807, 2.05) is 18.9 Å². The highest BCUT2D eigenvalue weighted by Gasteiger charge is 2.27. The molecule has 1 aromatic rings. The third-order valence-electron chi connectivity index (χ3n) is 5.21. The van der Waals surface area contributed by atoms with Gasteiger partial charge in [0, 0.05) is 19.1 Å². The number of likely N-dealkylation sites (N-methyl/N-ethyl adjacent to an activating group) is 1. The first-order chi connectivity index (χ1) is 13.3. The predicted molar refractivity (Wildman–Crippen MR) is 111 cm³/mol. The molecule has 1 saturated heterocycles. The normalized spacial score (nSPS) is 16.8. The van der Waals surface area contributed by atoms with Crippen LogP contribution in [-0.4, -0.2) is 62.9 Å². The third-order valence-corrected chi connectivity index (χ3v) is 7.11. The average Bonchev–Trinajstić information content (AvgIpc) is 2.69. The molecule has 28 heavy (non-hydrogen) atoms. The lowest BCUT2D eigenvalue weighted by molar-refractivity contribution is -0.117. The van der Waals surface area contributed by atoms with Crippen LogP contribution in [0.1, 0.15) is 46.5 Å². The standard InChI is InChI=1S/C20H33N3O4S/c1-5-16(3)22(4)15-20(24)21-18-14-17(10-11-19(18)27-6-2)28(25,26)23-12-8-7-9-13-23/h10-11,14,16H,5-9,12-13,15H2,1-4H3,(H,21,24). The fraction of sp³-hybridized carbons (Fsp3) is 0.650. The van der Waals surface area contributed by atoms with Crippen molar-refractivity contribution in [3.05, 3.63) is 18.2 Å². The summed E-state index contributed by atoms with van der Waals surface area (Å²) in [6, 6.07) is 4.96. The molecule has 0 radical (unpaired) electrons. The van der Waals surface area contributed by atoms with E-state index in [9.17, 15) is 13.2 Å². The lowest BCUT2D eigenvalue weighted by atomic mass is 10.2. The topological polar surface area (TPSA) is 79.0 Å². The Bertz CT molecular complexity index is 761. The summed E-state index contributed by atoms with van der Waals surface area (Å²) in [5, 5.41) is 2.83. The van der Waals surface area contributed by atoms with Crippen LogP contribution in [0.4, 0.5) is 5.69 Å². The molecule has 2 rings (SSSR count). The molecule has 0 aromatic heterocycles. The minimum Gasteiger partial charge on any atom is -0.492 e. The van der Waals surface area contributed by atoms with Gasteiger partial charge in [-0.1, -0.05) is 13.3 Å². The second-order valence-electron chi connectivity index (χ2n) is 7.28. The zero-order valence-corrected chi connectivity index (χ0v) is 18.2. The minimum absolute atomic E-state index is 0.184. The first kappa shape index (κ1) is 22.6. The maximum absolute atomic E-state index is 13.0. The number of carbonyl (C=O) groups excluding carboxylic acids is 1. The monoisotopic (exact) mass is 411 g/mol. The highest BCUT2D eigenvalue weighted by molar-refractivity contribution is 7.89. The summed E-state index contributed by atoms with van der Waals surface area (Å²) in [6.07, 6.45) is 3.75. The van der Waals surface area contributed by atoms with Gasteiger partial charge >= 0.3 is 0 Å². The molecule has 1 heterocycles. The first-order valence-corrected chi connectivity index (χ1v) is 11.5. The van der Waals surface area contributed by atoms with Crippen LogP contribution in [0.5, 0.6) is 5.75 Å². The molecular formula is C20H33N3O4S. The number of ether oxygens (including phenoxy) is 1. The Labute approximate surface area is 169 Å². The molecule has 1 aliphatic rings. The molecule has 0 aliphatic carbocycles. The van der Waals surface area contributed by atoms with Crippen molar-refractivity contribution in [1.29, 1.82) is 0 Å². The van der Waals surface area contributed by atoms with Crippen LogP contribution >= 0.6 is 0 Å². The molecule has 1 amide bonds. The van der Waals surface area contributed by atoms with Crippen molar-refractivity contribution in [1.82, 2.24) is 9.21 Å². The Hall–Kier alpha value is -1.64. The van der Waals surface area contributed by atoms with Crippen LogP contribution in [0.3, 0.4) is 0 Å². The maximum atomic E-state index is 13.0. The lowest BCUT2D eigenvalue weighted by Gasteiger charge is -2.26. The molecule has 0 spiro atoms. The molecule has 0 bridgehead atoms. The molecule has 8 heteroatoms. The predicted octanol–water partition coefficient (Wildman–Crippen LogP) is 2.93. The van der Waals surface area contributed by atoms with Gasteiger partial charge in [0.2, 0.25) is 15.9 Å². The Balaban J connectivity index is 2.24. The second-order valence-corrected chi connectivity index (χ2v) is 9.21. The van der Waals surface area contributed by atoms with Crippen molar-refractivity contribution >= 4 is 21.6 Å². The molecule has 1 atom stereocenters.